The van der Waals surface area contributed by atoms with E-state index in [1.165, 1.54) is 11.8 Å². The minimum Gasteiger partial charge on any atom is -0.315 e. The number of thioether (sulfide) groups is 1. The fraction of sp³-hybridized carbons (Fsp3) is 0.409. The summed E-state index contributed by atoms with van der Waals surface area (Å²) >= 11 is 2.91. The zero-order chi connectivity index (χ0) is 21.1. The molecule has 3 aromatic rings. The number of aromatic nitrogens is 2. The highest BCUT2D eigenvalue weighted by atomic mass is 32.2. The number of carbonyl (C=O) groups is 1. The Balaban J connectivity index is 1.95. The predicted molar refractivity (Wildman–Crippen MR) is 123 cm³/mol. The first-order valence-corrected chi connectivity index (χ1v) is 11.5. The first kappa shape index (κ1) is 21.6. The van der Waals surface area contributed by atoms with Crippen molar-refractivity contribution in [2.45, 2.75) is 57.5 Å². The van der Waals surface area contributed by atoms with E-state index in [2.05, 4.69) is 6.92 Å². The average Bonchev–Trinajstić information content (AvgIpc) is 3.00. The van der Waals surface area contributed by atoms with Crippen LogP contribution in [0.3, 0.4) is 0 Å². The molecule has 0 fully saturated rings. The third-order valence-corrected chi connectivity index (χ3v) is 7.27. The van der Waals surface area contributed by atoms with Crippen LogP contribution in [-0.2, 0) is 11.3 Å². The van der Waals surface area contributed by atoms with Gasteiger partial charge >= 0.3 is 0 Å². The maximum absolute atomic E-state index is 13.2. The van der Waals surface area contributed by atoms with Gasteiger partial charge in [0, 0.05) is 24.2 Å². The van der Waals surface area contributed by atoms with Gasteiger partial charge in [0.15, 0.2) is 5.16 Å². The zero-order valence-electron chi connectivity index (χ0n) is 17.6. The van der Waals surface area contributed by atoms with E-state index >= 15 is 0 Å². The van der Waals surface area contributed by atoms with Crippen LogP contribution in [0.2, 0.25) is 0 Å². The van der Waals surface area contributed by atoms with Crippen LogP contribution in [0, 0.1) is 13.8 Å². The molecule has 154 valence electrons. The first-order chi connectivity index (χ1) is 13.8. The third kappa shape index (κ3) is 4.41. The van der Waals surface area contributed by atoms with Crippen molar-refractivity contribution in [3.8, 4) is 0 Å². The number of fused-ring (bicyclic) bond motifs is 1. The van der Waals surface area contributed by atoms with Gasteiger partial charge in [-0.15, -0.1) is 11.3 Å². The fourth-order valence-corrected chi connectivity index (χ4v) is 5.27. The molecule has 0 aliphatic heterocycles. The average molecular weight is 430 g/mol. The molecule has 7 heteroatoms. The van der Waals surface area contributed by atoms with Gasteiger partial charge in [-0.25, -0.2) is 4.98 Å². The number of anilines is 1. The summed E-state index contributed by atoms with van der Waals surface area (Å²) in [5.41, 5.74) is 1.86. The van der Waals surface area contributed by atoms with Gasteiger partial charge < -0.3 is 4.90 Å². The molecule has 0 aliphatic carbocycles. The summed E-state index contributed by atoms with van der Waals surface area (Å²) in [6.07, 6.45) is 1.89. The van der Waals surface area contributed by atoms with Gasteiger partial charge in [-0.2, -0.15) is 0 Å². The molecule has 1 amide bonds. The number of hydrogen-bond donors (Lipinski definition) is 0. The van der Waals surface area contributed by atoms with Crippen LogP contribution in [0.25, 0.3) is 10.2 Å². The molecule has 0 bridgehead atoms. The van der Waals surface area contributed by atoms with Gasteiger partial charge in [0.2, 0.25) is 5.91 Å². The summed E-state index contributed by atoms with van der Waals surface area (Å²) in [5, 5.41) is 0.979. The van der Waals surface area contributed by atoms with Crippen molar-refractivity contribution in [1.29, 1.82) is 0 Å². The van der Waals surface area contributed by atoms with Crippen molar-refractivity contribution in [2.24, 2.45) is 0 Å². The number of rotatable bonds is 7. The Hall–Kier alpha value is -2.12. The Labute approximate surface area is 179 Å². The van der Waals surface area contributed by atoms with Crippen LogP contribution in [-0.4, -0.2) is 27.8 Å². The molecule has 0 N–H and O–H groups in total. The lowest BCUT2D eigenvalue weighted by atomic mass is 10.2. The highest BCUT2D eigenvalue weighted by molar-refractivity contribution is 8.00. The number of amides is 1. The molecule has 2 aromatic heterocycles. The number of carbonyl (C=O) groups excluding carboxylic acids is 1. The second-order valence-corrected chi connectivity index (χ2v) is 9.67. The van der Waals surface area contributed by atoms with Crippen molar-refractivity contribution in [3.63, 3.8) is 0 Å². The Kier molecular flexibility index (Phi) is 6.80. The number of hydrogen-bond acceptors (Lipinski definition) is 5. The number of para-hydroxylation sites is 1. The number of unbranched alkanes of at least 4 members (excludes halogenated alkanes) is 1. The van der Waals surface area contributed by atoms with Gasteiger partial charge in [-0.1, -0.05) is 43.3 Å². The smallest absolute Gasteiger partial charge is 0.263 e. The third-order valence-electron chi connectivity index (χ3n) is 5.09. The normalized spacial score (nSPS) is 12.3. The molecule has 1 atom stereocenters. The number of nitrogens with zero attached hydrogens (tertiary/aromatic N) is 3. The molecular weight excluding hydrogens is 402 g/mol. The largest absolute Gasteiger partial charge is 0.315 e. The van der Waals surface area contributed by atoms with Gasteiger partial charge in [0.1, 0.15) is 4.83 Å². The quantitative estimate of drug-likeness (QED) is 0.391. The monoisotopic (exact) mass is 429 g/mol. The molecule has 2 heterocycles. The van der Waals surface area contributed by atoms with Crippen molar-refractivity contribution in [3.05, 3.63) is 51.1 Å². The highest BCUT2D eigenvalue weighted by Gasteiger charge is 2.24. The van der Waals surface area contributed by atoms with Gasteiger partial charge in [0.05, 0.1) is 10.6 Å². The Morgan fingerprint density at radius 2 is 1.97 bits per heavy atom. The maximum Gasteiger partial charge on any atom is 0.263 e. The standard InChI is InChI=1S/C22H27N3O2S2/c1-6-7-13-25-21(27)18-14(2)15(3)28-19(18)23-22(25)29-16(4)20(26)24(5)17-11-9-8-10-12-17/h8-12,16H,6-7,13H2,1-5H3. The van der Waals surface area contributed by atoms with E-state index in [4.69, 9.17) is 4.98 Å². The van der Waals surface area contributed by atoms with Crippen molar-refractivity contribution in [2.75, 3.05) is 11.9 Å². The van der Waals surface area contributed by atoms with Crippen molar-refractivity contribution >= 4 is 44.9 Å². The lowest BCUT2D eigenvalue weighted by molar-refractivity contribution is -0.117. The SMILES string of the molecule is CCCCn1c(SC(C)C(=O)N(C)c2ccccc2)nc2sc(C)c(C)c2c1=O. The summed E-state index contributed by atoms with van der Waals surface area (Å²) in [7, 11) is 1.78. The number of aryl methyl sites for hydroxylation is 2. The minimum absolute atomic E-state index is 0.00358. The second-order valence-electron chi connectivity index (χ2n) is 7.16. The summed E-state index contributed by atoms with van der Waals surface area (Å²) in [5.74, 6) is -0.0175. The molecule has 0 spiro atoms. The Morgan fingerprint density at radius 3 is 2.62 bits per heavy atom. The topological polar surface area (TPSA) is 55.2 Å². The van der Waals surface area contributed by atoms with E-state index in [1.807, 2.05) is 51.1 Å². The van der Waals surface area contributed by atoms with E-state index in [0.29, 0.717) is 17.1 Å². The lowest BCUT2D eigenvalue weighted by Gasteiger charge is -2.22. The van der Waals surface area contributed by atoms with E-state index in [0.717, 1.165) is 33.8 Å². The molecule has 5 nitrogen and oxygen atoms in total. The molecule has 0 radical (unpaired) electrons. The van der Waals surface area contributed by atoms with E-state index in [9.17, 15) is 9.59 Å². The molecule has 1 aromatic carbocycles. The number of thiophene rings is 1. The minimum atomic E-state index is -0.361. The fourth-order valence-electron chi connectivity index (χ4n) is 3.17. The molecule has 29 heavy (non-hydrogen) atoms. The van der Waals surface area contributed by atoms with Crippen LogP contribution in [0.15, 0.2) is 40.3 Å². The molecule has 3 rings (SSSR count). The Bertz CT molecular complexity index is 1070. The molecule has 0 saturated heterocycles. The van der Waals surface area contributed by atoms with Crippen molar-refractivity contribution in [1.82, 2.24) is 9.55 Å². The highest BCUT2D eigenvalue weighted by Crippen LogP contribution is 2.30. The van der Waals surface area contributed by atoms with Crippen LogP contribution >= 0.6 is 23.1 Å². The summed E-state index contributed by atoms with van der Waals surface area (Å²) in [6.45, 7) is 8.59. The zero-order valence-corrected chi connectivity index (χ0v) is 19.2. The maximum atomic E-state index is 13.2. The lowest BCUT2D eigenvalue weighted by Crippen LogP contribution is -2.34. The van der Waals surface area contributed by atoms with Crippen LogP contribution in [0.5, 0.6) is 0 Å². The summed E-state index contributed by atoms with van der Waals surface area (Å²) in [6, 6.07) is 9.57. The summed E-state index contributed by atoms with van der Waals surface area (Å²) < 4.78 is 1.75. The van der Waals surface area contributed by atoms with Gasteiger partial charge in [0.25, 0.3) is 5.56 Å². The molecule has 0 aliphatic rings. The van der Waals surface area contributed by atoms with E-state index in [-0.39, 0.29) is 16.7 Å². The van der Waals surface area contributed by atoms with Crippen molar-refractivity contribution < 1.29 is 4.79 Å². The Morgan fingerprint density at radius 1 is 1.28 bits per heavy atom. The molecule has 0 saturated carbocycles. The van der Waals surface area contributed by atoms with E-state index in [1.54, 1.807) is 27.9 Å². The first-order valence-electron chi connectivity index (χ1n) is 9.85. The predicted octanol–water partition coefficient (Wildman–Crippen LogP) is 5.02. The van der Waals surface area contributed by atoms with Crippen LogP contribution in [0.4, 0.5) is 5.69 Å². The van der Waals surface area contributed by atoms with E-state index < -0.39 is 0 Å². The molecular formula is C22H27N3O2S2. The number of benzene rings is 1. The van der Waals surface area contributed by atoms with Gasteiger partial charge in [-0.05, 0) is 44.9 Å². The van der Waals surface area contributed by atoms with Gasteiger partial charge in [-0.3, -0.25) is 14.2 Å². The molecule has 1 unspecified atom stereocenters. The van der Waals surface area contributed by atoms with Crippen LogP contribution < -0.4 is 10.5 Å². The summed E-state index contributed by atoms with van der Waals surface area (Å²) in [4.78, 5) is 34.5. The van der Waals surface area contributed by atoms with Crippen LogP contribution in [0.1, 0.15) is 37.1 Å². The second kappa shape index (κ2) is 9.13.